The number of methoxy groups -OCH3 is 1. The van der Waals surface area contributed by atoms with E-state index >= 15 is 0 Å². The molecule has 0 aliphatic carbocycles. The molecule has 0 fully saturated rings. The third kappa shape index (κ3) is 4.17. The lowest BCUT2D eigenvalue weighted by Gasteiger charge is -2.10. The number of nitrogens with zero attached hydrogens (tertiary/aromatic N) is 3. The molecule has 2 aromatic carbocycles. The molecule has 6 nitrogen and oxygen atoms in total. The minimum absolute atomic E-state index is 0.274. The Labute approximate surface area is 160 Å². The van der Waals surface area contributed by atoms with Crippen LogP contribution in [0.3, 0.4) is 0 Å². The predicted octanol–water partition coefficient (Wildman–Crippen LogP) is 3.56. The van der Waals surface area contributed by atoms with Crippen LogP contribution in [0.2, 0.25) is 5.02 Å². The summed E-state index contributed by atoms with van der Waals surface area (Å²) in [6.07, 6.45) is 0.274. The first kappa shape index (κ1) is 18.3. The van der Waals surface area contributed by atoms with Gasteiger partial charge in [-0.3, -0.25) is 9.36 Å². The molecule has 134 valence electrons. The summed E-state index contributed by atoms with van der Waals surface area (Å²) in [6.45, 7) is 0. The van der Waals surface area contributed by atoms with Crippen LogP contribution in [0.1, 0.15) is 6.42 Å². The van der Waals surface area contributed by atoms with Gasteiger partial charge in [-0.1, -0.05) is 23.4 Å². The fourth-order valence-corrected chi connectivity index (χ4v) is 3.39. The number of ether oxygens (including phenoxy) is 1. The van der Waals surface area contributed by atoms with Crippen LogP contribution in [-0.2, 0) is 4.79 Å². The van der Waals surface area contributed by atoms with Crippen molar-refractivity contribution in [1.29, 1.82) is 0 Å². The standard InChI is InChI=1S/C18H17ClN4O2S/c1-25-15-8-2-12(3-9-15)17-21-22-18(26-11-10-16(20)24)23(17)14-6-4-13(19)5-7-14/h2-9H,10-11H2,1H3,(H2,20,24). The van der Waals surface area contributed by atoms with Gasteiger partial charge in [-0.15, -0.1) is 10.2 Å². The van der Waals surface area contributed by atoms with Crippen LogP contribution in [0.25, 0.3) is 17.1 Å². The average molecular weight is 389 g/mol. The normalized spacial score (nSPS) is 10.7. The summed E-state index contributed by atoms with van der Waals surface area (Å²) in [5.74, 6) is 1.65. The zero-order valence-corrected chi connectivity index (χ0v) is 15.6. The van der Waals surface area contributed by atoms with Gasteiger partial charge in [0.2, 0.25) is 5.91 Å². The number of hydrogen-bond donors (Lipinski definition) is 1. The van der Waals surface area contributed by atoms with Crippen LogP contribution in [0.5, 0.6) is 5.75 Å². The molecule has 0 saturated carbocycles. The van der Waals surface area contributed by atoms with E-state index in [1.807, 2.05) is 53.1 Å². The Morgan fingerprint density at radius 1 is 1.15 bits per heavy atom. The molecule has 0 aliphatic rings. The zero-order chi connectivity index (χ0) is 18.5. The molecule has 8 heteroatoms. The van der Waals surface area contributed by atoms with E-state index in [-0.39, 0.29) is 12.3 Å². The van der Waals surface area contributed by atoms with Crippen molar-refractivity contribution in [1.82, 2.24) is 14.8 Å². The van der Waals surface area contributed by atoms with Crippen LogP contribution in [0, 0.1) is 0 Å². The van der Waals surface area contributed by atoms with Crippen molar-refractivity contribution in [3.05, 3.63) is 53.6 Å². The number of rotatable bonds is 7. The highest BCUT2D eigenvalue weighted by Crippen LogP contribution is 2.29. The lowest BCUT2D eigenvalue weighted by molar-refractivity contribution is -0.117. The third-order valence-corrected chi connectivity index (χ3v) is 4.83. The second-order valence-electron chi connectivity index (χ2n) is 5.41. The number of carbonyl (C=O) groups is 1. The molecule has 0 radical (unpaired) electrons. The largest absolute Gasteiger partial charge is 0.497 e. The van der Waals surface area contributed by atoms with Crippen molar-refractivity contribution < 1.29 is 9.53 Å². The number of aromatic nitrogens is 3. The number of thioether (sulfide) groups is 1. The van der Waals surface area contributed by atoms with Crippen molar-refractivity contribution in [2.45, 2.75) is 11.6 Å². The minimum atomic E-state index is -0.342. The van der Waals surface area contributed by atoms with E-state index in [4.69, 9.17) is 22.1 Å². The summed E-state index contributed by atoms with van der Waals surface area (Å²) in [4.78, 5) is 11.0. The van der Waals surface area contributed by atoms with Gasteiger partial charge in [0.05, 0.1) is 7.11 Å². The fraction of sp³-hybridized carbons (Fsp3) is 0.167. The maximum atomic E-state index is 11.0. The maximum absolute atomic E-state index is 11.0. The van der Waals surface area contributed by atoms with Crippen molar-refractivity contribution in [3.8, 4) is 22.8 Å². The van der Waals surface area contributed by atoms with Gasteiger partial charge in [0.15, 0.2) is 11.0 Å². The molecule has 1 aromatic heterocycles. The molecular formula is C18H17ClN4O2S. The van der Waals surface area contributed by atoms with Crippen molar-refractivity contribution in [2.75, 3.05) is 12.9 Å². The van der Waals surface area contributed by atoms with Crippen LogP contribution in [0.4, 0.5) is 0 Å². The number of amides is 1. The van der Waals surface area contributed by atoms with Gasteiger partial charge in [-0.2, -0.15) is 0 Å². The monoisotopic (exact) mass is 388 g/mol. The molecular weight excluding hydrogens is 372 g/mol. The molecule has 1 amide bonds. The second-order valence-corrected chi connectivity index (χ2v) is 6.91. The Kier molecular flexibility index (Phi) is 5.80. The first-order chi connectivity index (χ1) is 12.6. The number of halogens is 1. The van der Waals surface area contributed by atoms with E-state index in [1.54, 1.807) is 7.11 Å². The Morgan fingerprint density at radius 3 is 2.46 bits per heavy atom. The molecule has 0 spiro atoms. The van der Waals surface area contributed by atoms with Gasteiger partial charge < -0.3 is 10.5 Å². The van der Waals surface area contributed by atoms with Crippen molar-refractivity contribution in [2.24, 2.45) is 5.73 Å². The summed E-state index contributed by atoms with van der Waals surface area (Å²) < 4.78 is 7.14. The van der Waals surface area contributed by atoms with Crippen LogP contribution in [-0.4, -0.2) is 33.5 Å². The number of primary amides is 1. The lowest BCUT2D eigenvalue weighted by atomic mass is 10.2. The topological polar surface area (TPSA) is 83.0 Å². The molecule has 0 saturated heterocycles. The highest BCUT2D eigenvalue weighted by Gasteiger charge is 2.16. The second kappa shape index (κ2) is 8.25. The Hall–Kier alpha value is -2.51. The van der Waals surface area contributed by atoms with Gasteiger partial charge in [0, 0.05) is 28.4 Å². The van der Waals surface area contributed by atoms with Gasteiger partial charge in [-0.05, 0) is 48.5 Å². The van der Waals surface area contributed by atoms with Crippen LogP contribution in [0.15, 0.2) is 53.7 Å². The summed E-state index contributed by atoms with van der Waals surface area (Å²) in [5.41, 5.74) is 7.00. The highest BCUT2D eigenvalue weighted by molar-refractivity contribution is 7.99. The van der Waals surface area contributed by atoms with Gasteiger partial charge in [0.25, 0.3) is 0 Å². The average Bonchev–Trinajstić information content (AvgIpc) is 3.06. The Morgan fingerprint density at radius 2 is 1.85 bits per heavy atom. The third-order valence-electron chi connectivity index (χ3n) is 3.65. The van der Waals surface area contributed by atoms with E-state index in [1.165, 1.54) is 11.8 Å². The maximum Gasteiger partial charge on any atom is 0.218 e. The van der Waals surface area contributed by atoms with E-state index in [9.17, 15) is 4.79 Å². The molecule has 2 N–H and O–H groups in total. The Balaban J connectivity index is 2.01. The van der Waals surface area contributed by atoms with Gasteiger partial charge in [-0.25, -0.2) is 0 Å². The number of hydrogen-bond acceptors (Lipinski definition) is 5. The summed E-state index contributed by atoms with van der Waals surface area (Å²) >= 11 is 7.44. The van der Waals surface area contributed by atoms with Crippen molar-refractivity contribution in [3.63, 3.8) is 0 Å². The summed E-state index contributed by atoms with van der Waals surface area (Å²) in [5, 5.41) is 9.96. The van der Waals surface area contributed by atoms with Gasteiger partial charge >= 0.3 is 0 Å². The first-order valence-corrected chi connectivity index (χ1v) is 9.21. The fourth-order valence-electron chi connectivity index (χ4n) is 2.36. The molecule has 0 atom stereocenters. The highest BCUT2D eigenvalue weighted by atomic mass is 35.5. The molecule has 1 heterocycles. The molecule has 3 rings (SSSR count). The number of benzene rings is 2. The van der Waals surface area contributed by atoms with E-state index < -0.39 is 0 Å². The van der Waals surface area contributed by atoms with Gasteiger partial charge in [0.1, 0.15) is 5.75 Å². The van der Waals surface area contributed by atoms with Crippen LogP contribution < -0.4 is 10.5 Å². The molecule has 0 unspecified atom stereocenters. The summed E-state index contributed by atoms with van der Waals surface area (Å²) in [7, 11) is 1.62. The first-order valence-electron chi connectivity index (χ1n) is 7.85. The smallest absolute Gasteiger partial charge is 0.218 e. The molecule has 0 aliphatic heterocycles. The SMILES string of the molecule is COc1ccc(-c2nnc(SCCC(N)=O)n2-c2ccc(Cl)cc2)cc1. The predicted molar refractivity (Wildman–Crippen MR) is 103 cm³/mol. The Bertz CT molecular complexity index is 895. The lowest BCUT2D eigenvalue weighted by Crippen LogP contribution is -2.11. The molecule has 26 heavy (non-hydrogen) atoms. The number of carbonyl (C=O) groups excluding carboxylic acids is 1. The number of nitrogens with two attached hydrogens (primary N) is 1. The molecule has 3 aromatic rings. The zero-order valence-electron chi connectivity index (χ0n) is 14.1. The van der Waals surface area contributed by atoms with E-state index in [0.29, 0.717) is 21.8 Å². The van der Waals surface area contributed by atoms with E-state index in [2.05, 4.69) is 10.2 Å². The van der Waals surface area contributed by atoms with E-state index in [0.717, 1.165) is 17.0 Å². The summed E-state index contributed by atoms with van der Waals surface area (Å²) in [6, 6.07) is 15.0. The van der Waals surface area contributed by atoms with Crippen molar-refractivity contribution >= 4 is 29.3 Å². The minimum Gasteiger partial charge on any atom is -0.497 e. The quantitative estimate of drug-likeness (QED) is 0.625. The van der Waals surface area contributed by atoms with Crippen LogP contribution >= 0.6 is 23.4 Å². The molecule has 0 bridgehead atoms.